The zero-order valence-electron chi connectivity index (χ0n) is 33.5. The van der Waals surface area contributed by atoms with Crippen LogP contribution >= 0.6 is 0 Å². The molecule has 8 N–H and O–H groups in total. The van der Waals surface area contributed by atoms with Crippen molar-refractivity contribution in [1.82, 2.24) is 0 Å². The van der Waals surface area contributed by atoms with Gasteiger partial charge in [-0.2, -0.15) is 0 Å². The largest absolute Gasteiger partial charge is 0.726 e. The quantitative estimate of drug-likeness (QED) is 0.0672. The van der Waals surface area contributed by atoms with Crippen LogP contribution in [0.25, 0.3) is 0 Å². The molecule has 0 aromatic heterocycles. The fraction of sp³-hybridized carbons (Fsp3) is 0.949. The first-order valence-corrected chi connectivity index (χ1v) is 21.7. The van der Waals surface area contributed by atoms with Crippen LogP contribution < -0.4 is 0 Å². The molecule has 4 saturated carbocycles. The third kappa shape index (κ3) is 8.51. The molecule has 17 nitrogen and oxygen atoms in total. The van der Waals surface area contributed by atoms with Crippen molar-refractivity contribution in [3.8, 4) is 0 Å². The fourth-order valence-electron chi connectivity index (χ4n) is 12.3. The molecule has 6 fully saturated rings. The molecule has 18 heteroatoms. The summed E-state index contributed by atoms with van der Waals surface area (Å²) >= 11 is 0. The van der Waals surface area contributed by atoms with E-state index >= 15 is 0 Å². The van der Waals surface area contributed by atoms with Crippen LogP contribution in [0.15, 0.2) is 12.2 Å². The Hall–Kier alpha value is -0.910. The minimum Gasteiger partial charge on any atom is -0.726 e. The molecule has 2 saturated heterocycles. The van der Waals surface area contributed by atoms with E-state index in [1.807, 2.05) is 13.8 Å². The minimum atomic E-state index is -5.33. The van der Waals surface area contributed by atoms with Crippen LogP contribution in [-0.2, 0) is 38.3 Å². The summed E-state index contributed by atoms with van der Waals surface area (Å²) in [6.07, 6.45) is -11.2. The Labute approximate surface area is 335 Å². The number of hydrogen-bond acceptors (Lipinski definition) is 17. The summed E-state index contributed by atoms with van der Waals surface area (Å²) in [5.41, 5.74) is -1.50. The molecule has 0 amide bonds. The van der Waals surface area contributed by atoms with Crippen molar-refractivity contribution < 1.29 is 81.7 Å². The number of fused-ring (bicyclic) bond motifs is 5. The zero-order chi connectivity index (χ0) is 42.0. The molecule has 2 aliphatic heterocycles. The molecule has 2 heterocycles. The maximum Gasteiger partial charge on any atom is 0.218 e. The molecule has 4 aliphatic carbocycles. The predicted octanol–water partition coefficient (Wildman–Crippen LogP) is -0.300. The van der Waals surface area contributed by atoms with Gasteiger partial charge in [-0.05, 0) is 73.5 Å². The van der Waals surface area contributed by atoms with Crippen molar-refractivity contribution in [1.29, 1.82) is 0 Å². The Morgan fingerprint density at radius 3 is 2.18 bits per heavy atom. The van der Waals surface area contributed by atoms with Crippen molar-refractivity contribution in [2.45, 2.75) is 158 Å². The summed E-state index contributed by atoms with van der Waals surface area (Å²) in [6, 6.07) is 0. The molecule has 0 aromatic rings. The first-order valence-electron chi connectivity index (χ1n) is 20.4. The van der Waals surface area contributed by atoms with Gasteiger partial charge in [0.15, 0.2) is 12.6 Å². The van der Waals surface area contributed by atoms with E-state index in [0.29, 0.717) is 32.1 Å². The van der Waals surface area contributed by atoms with E-state index < -0.39 is 119 Å². The highest BCUT2D eigenvalue weighted by atomic mass is 32.3. The average molecular weight is 838 g/mol. The van der Waals surface area contributed by atoms with Crippen LogP contribution in [0.4, 0.5) is 0 Å². The molecule has 21 atom stereocenters. The lowest BCUT2D eigenvalue weighted by molar-refractivity contribution is -0.343. The molecule has 6 rings (SSSR count). The number of ether oxygens (including phenoxy) is 5. The molecule has 0 radical (unpaired) electrons. The van der Waals surface area contributed by atoms with Crippen molar-refractivity contribution in [3.05, 3.63) is 12.2 Å². The van der Waals surface area contributed by atoms with Gasteiger partial charge in [0.1, 0.15) is 36.6 Å². The molecule has 0 aromatic carbocycles. The fourth-order valence-corrected chi connectivity index (χ4v) is 12.8. The Morgan fingerprint density at radius 1 is 0.860 bits per heavy atom. The summed E-state index contributed by atoms with van der Waals surface area (Å²) in [6.45, 7) is 11.7. The molecule has 0 spiro atoms. The summed E-state index contributed by atoms with van der Waals surface area (Å²) in [7, 11) is -4.09. The van der Waals surface area contributed by atoms with Gasteiger partial charge in [0, 0.05) is 31.3 Å². The summed E-state index contributed by atoms with van der Waals surface area (Å²) < 4.78 is 68.0. The maximum absolute atomic E-state index is 12.6. The highest BCUT2D eigenvalue weighted by Gasteiger charge is 2.71. The smallest absolute Gasteiger partial charge is 0.218 e. The lowest BCUT2D eigenvalue weighted by atomic mass is 9.41. The SMILES string of the molecule is C=C(CC[C@@H](C)[C@H]1C[C@@H](O)[C@@H]2[C@]1(C)CC[C@@H]1[C@@]3(C)CC[C@H](O)[C@H](O)[C@@H]3[C@@H](O)C[C@]12O)C(C)CO[C@@H]1OC[C@@H](O)[C@H](OS(=O)(=O)[O-])[C@H]1O[C@@H]1OC[C@@H](O)[C@H](O)[C@H]1OC. The molecule has 0 bridgehead atoms. The highest BCUT2D eigenvalue weighted by Crippen LogP contribution is 2.70. The third-order valence-electron chi connectivity index (χ3n) is 15.2. The van der Waals surface area contributed by atoms with E-state index in [-0.39, 0.29) is 43.3 Å². The van der Waals surface area contributed by atoms with Crippen molar-refractivity contribution in [2.75, 3.05) is 26.9 Å². The molecule has 330 valence electrons. The van der Waals surface area contributed by atoms with E-state index in [2.05, 4.69) is 24.6 Å². The molecule has 6 aliphatic rings. The topological polar surface area (TPSA) is 274 Å². The van der Waals surface area contributed by atoms with Gasteiger partial charge >= 0.3 is 0 Å². The third-order valence-corrected chi connectivity index (χ3v) is 15.7. The summed E-state index contributed by atoms with van der Waals surface area (Å²) in [5.74, 6) is -1.35. The van der Waals surface area contributed by atoms with Gasteiger partial charge in [0.2, 0.25) is 10.4 Å². The van der Waals surface area contributed by atoms with Gasteiger partial charge in [-0.1, -0.05) is 39.8 Å². The number of aliphatic hydroxyl groups excluding tert-OH is 7. The Balaban J connectivity index is 1.09. The van der Waals surface area contributed by atoms with Crippen molar-refractivity contribution in [3.63, 3.8) is 0 Å². The molecular formula is C39H65O17S-. The van der Waals surface area contributed by atoms with Crippen LogP contribution in [0.5, 0.6) is 0 Å². The Morgan fingerprint density at radius 2 is 1.51 bits per heavy atom. The normalized spacial score (nSPS) is 50.0. The van der Waals surface area contributed by atoms with E-state index in [1.165, 1.54) is 7.11 Å². The van der Waals surface area contributed by atoms with Gasteiger partial charge in [-0.3, -0.25) is 4.18 Å². The van der Waals surface area contributed by atoms with Crippen LogP contribution in [0.2, 0.25) is 0 Å². The van der Waals surface area contributed by atoms with Crippen LogP contribution in [0.1, 0.15) is 79.1 Å². The van der Waals surface area contributed by atoms with Crippen molar-refractivity contribution in [2.24, 2.45) is 46.3 Å². The second-order valence-corrected chi connectivity index (χ2v) is 19.6. The van der Waals surface area contributed by atoms with Gasteiger partial charge in [0.25, 0.3) is 0 Å². The Kier molecular flexibility index (Phi) is 13.7. The van der Waals surface area contributed by atoms with E-state index in [0.717, 1.165) is 18.4 Å². The number of methoxy groups -OCH3 is 1. The van der Waals surface area contributed by atoms with Gasteiger partial charge in [0.05, 0.1) is 49.8 Å². The van der Waals surface area contributed by atoms with Crippen LogP contribution in [0.3, 0.4) is 0 Å². The first-order chi connectivity index (χ1) is 26.6. The molecule has 57 heavy (non-hydrogen) atoms. The van der Waals surface area contributed by atoms with Gasteiger partial charge in [-0.15, -0.1) is 0 Å². The Bertz CT molecular complexity index is 1520. The van der Waals surface area contributed by atoms with Crippen LogP contribution in [0, 0.1) is 46.3 Å². The minimum absolute atomic E-state index is 0.00934. The van der Waals surface area contributed by atoms with Gasteiger partial charge < -0.3 is 69.1 Å². The zero-order valence-corrected chi connectivity index (χ0v) is 34.4. The number of rotatable bonds is 13. The van der Waals surface area contributed by atoms with E-state index in [9.17, 15) is 53.8 Å². The predicted molar refractivity (Wildman–Crippen MR) is 197 cm³/mol. The number of aliphatic hydroxyl groups is 8. The highest BCUT2D eigenvalue weighted by molar-refractivity contribution is 7.80. The van der Waals surface area contributed by atoms with Crippen molar-refractivity contribution >= 4 is 10.4 Å². The monoisotopic (exact) mass is 837 g/mol. The van der Waals surface area contributed by atoms with Crippen LogP contribution in [-0.4, -0.2) is 160 Å². The van der Waals surface area contributed by atoms with Gasteiger partial charge in [-0.25, -0.2) is 8.42 Å². The maximum atomic E-state index is 12.6. The molecular weight excluding hydrogens is 772 g/mol. The lowest BCUT2D eigenvalue weighted by Crippen LogP contribution is -2.70. The summed E-state index contributed by atoms with van der Waals surface area (Å²) in [5, 5.41) is 88.2. The second kappa shape index (κ2) is 17.1. The van der Waals surface area contributed by atoms with E-state index in [1.54, 1.807) is 0 Å². The number of hydrogen-bond donors (Lipinski definition) is 8. The standard InChI is InChI=1S/C39H66O17S/c1-18(20(3)15-52-35-33(31(26(44)17-53-35)56-57(48,49)50)55-36-32(51-6)30(46)25(43)16-54-36)7-8-19(2)21-13-23(41)34-37(21,4)12-10-27-38(5)11-9-22(40)29(45)28(38)24(42)14-39(27,34)47/h19-36,40-47H,1,7-17H2,2-6H3,(H,48,49,50)/p-1/t19-,20?,21-,22+,23-,24+,25-,26-,27-,28+,29+,30+,31+,32-,33-,34-,35-,36+,37-,38-,39+/m1/s1. The summed E-state index contributed by atoms with van der Waals surface area (Å²) in [4.78, 5) is 0. The lowest BCUT2D eigenvalue weighted by Gasteiger charge is -2.66. The first kappa shape index (κ1) is 45.6. The molecule has 1 unspecified atom stereocenters. The van der Waals surface area contributed by atoms with E-state index in [4.69, 9.17) is 23.7 Å². The second-order valence-electron chi connectivity index (χ2n) is 18.6. The average Bonchev–Trinajstić information content (AvgIpc) is 3.41.